The molecule has 1 saturated heterocycles. The first-order chi connectivity index (χ1) is 15.0. The summed E-state index contributed by atoms with van der Waals surface area (Å²) >= 11 is 3.37. The van der Waals surface area contributed by atoms with Gasteiger partial charge in [0.25, 0.3) is 5.91 Å². The first-order valence-corrected chi connectivity index (χ1v) is 11.1. The second-order valence-corrected chi connectivity index (χ2v) is 8.19. The Morgan fingerprint density at radius 1 is 1.06 bits per heavy atom. The molecule has 1 aliphatic heterocycles. The molecule has 1 heterocycles. The van der Waals surface area contributed by atoms with E-state index in [-0.39, 0.29) is 23.7 Å². The predicted octanol–water partition coefficient (Wildman–Crippen LogP) is 4.52. The van der Waals surface area contributed by atoms with Crippen molar-refractivity contribution in [3.8, 4) is 0 Å². The summed E-state index contributed by atoms with van der Waals surface area (Å²) < 4.78 is 5.78. The summed E-state index contributed by atoms with van der Waals surface area (Å²) in [4.78, 5) is 38.4. The van der Waals surface area contributed by atoms with Gasteiger partial charge in [-0.05, 0) is 67.8 Å². The highest BCUT2D eigenvalue weighted by atomic mass is 79.9. The minimum Gasteiger partial charge on any atom is -0.463 e. The molecule has 1 fully saturated rings. The van der Waals surface area contributed by atoms with E-state index in [9.17, 15) is 14.4 Å². The van der Waals surface area contributed by atoms with Crippen LogP contribution in [0.25, 0.3) is 6.08 Å². The van der Waals surface area contributed by atoms with Crippen molar-refractivity contribution in [2.75, 3.05) is 25.0 Å². The molecule has 0 saturated carbocycles. The third kappa shape index (κ3) is 6.52. The first kappa shape index (κ1) is 22.7. The summed E-state index contributed by atoms with van der Waals surface area (Å²) in [5.41, 5.74) is 2.20. The number of hydrogen-bond acceptors (Lipinski definition) is 4. The Balaban J connectivity index is 1.49. The average molecular weight is 485 g/mol. The monoisotopic (exact) mass is 484 g/mol. The van der Waals surface area contributed by atoms with Crippen molar-refractivity contribution in [2.24, 2.45) is 5.92 Å². The first-order valence-electron chi connectivity index (χ1n) is 10.3. The summed E-state index contributed by atoms with van der Waals surface area (Å²) in [5, 5.41) is 2.94. The molecule has 6 nitrogen and oxygen atoms in total. The highest BCUT2D eigenvalue weighted by Gasteiger charge is 2.27. The van der Waals surface area contributed by atoms with Gasteiger partial charge in [0, 0.05) is 40.8 Å². The maximum Gasteiger partial charge on any atom is 0.330 e. The third-order valence-electron chi connectivity index (χ3n) is 5.12. The van der Waals surface area contributed by atoms with E-state index in [0.29, 0.717) is 43.8 Å². The van der Waals surface area contributed by atoms with Gasteiger partial charge in [0.2, 0.25) is 5.91 Å². The zero-order chi connectivity index (χ0) is 22.2. The number of nitrogens with zero attached hydrogens (tertiary/aromatic N) is 1. The molecule has 31 heavy (non-hydrogen) atoms. The Labute approximate surface area is 190 Å². The zero-order valence-electron chi connectivity index (χ0n) is 17.3. The highest BCUT2D eigenvalue weighted by molar-refractivity contribution is 9.10. The number of hydrogen-bond donors (Lipinski definition) is 1. The van der Waals surface area contributed by atoms with Crippen LogP contribution in [-0.2, 0) is 14.3 Å². The smallest absolute Gasteiger partial charge is 0.330 e. The van der Waals surface area contributed by atoms with Crippen LogP contribution >= 0.6 is 15.9 Å². The van der Waals surface area contributed by atoms with Gasteiger partial charge in [-0.25, -0.2) is 4.79 Å². The molecule has 1 aliphatic rings. The van der Waals surface area contributed by atoms with Crippen LogP contribution in [0.3, 0.4) is 0 Å². The molecule has 0 radical (unpaired) electrons. The quantitative estimate of drug-likeness (QED) is 0.483. The van der Waals surface area contributed by atoms with E-state index in [1.165, 1.54) is 6.08 Å². The van der Waals surface area contributed by atoms with Crippen molar-refractivity contribution in [1.29, 1.82) is 0 Å². The maximum absolute atomic E-state index is 12.6. The van der Waals surface area contributed by atoms with Crippen LogP contribution < -0.4 is 5.32 Å². The van der Waals surface area contributed by atoms with E-state index in [0.717, 1.165) is 10.0 Å². The van der Waals surface area contributed by atoms with Crippen LogP contribution in [0.1, 0.15) is 35.7 Å². The maximum atomic E-state index is 12.6. The van der Waals surface area contributed by atoms with Gasteiger partial charge in [-0.2, -0.15) is 0 Å². The lowest BCUT2D eigenvalue weighted by Crippen LogP contribution is -2.41. The van der Waals surface area contributed by atoms with Crippen molar-refractivity contribution >= 4 is 45.5 Å². The molecule has 0 bridgehead atoms. The topological polar surface area (TPSA) is 75.7 Å². The SMILES string of the molecule is CCOC(=O)/C=C/c1ccc(NC(=O)C2CCN(C(=O)c3ccc(Br)cc3)CC2)cc1. The molecular weight excluding hydrogens is 460 g/mol. The van der Waals surface area contributed by atoms with Gasteiger partial charge in [0.15, 0.2) is 0 Å². The van der Waals surface area contributed by atoms with Crippen LogP contribution in [0.2, 0.25) is 0 Å². The van der Waals surface area contributed by atoms with Gasteiger partial charge in [0.05, 0.1) is 6.61 Å². The van der Waals surface area contributed by atoms with Gasteiger partial charge < -0.3 is 15.0 Å². The van der Waals surface area contributed by atoms with Crippen LogP contribution in [0.4, 0.5) is 5.69 Å². The number of carbonyl (C=O) groups excluding carboxylic acids is 3. The van der Waals surface area contributed by atoms with Crippen molar-refractivity contribution < 1.29 is 19.1 Å². The molecule has 0 unspecified atom stereocenters. The number of nitrogens with one attached hydrogen (secondary N) is 1. The molecule has 0 aliphatic carbocycles. The number of anilines is 1. The summed E-state index contributed by atoms with van der Waals surface area (Å²) in [6, 6.07) is 14.6. The highest BCUT2D eigenvalue weighted by Crippen LogP contribution is 2.22. The average Bonchev–Trinajstić information content (AvgIpc) is 2.79. The van der Waals surface area contributed by atoms with Gasteiger partial charge >= 0.3 is 5.97 Å². The molecule has 0 spiro atoms. The van der Waals surface area contributed by atoms with Gasteiger partial charge in [-0.1, -0.05) is 28.1 Å². The zero-order valence-corrected chi connectivity index (χ0v) is 18.9. The Hall–Kier alpha value is -2.93. The minimum absolute atomic E-state index is 0.00202. The second kappa shape index (κ2) is 10.9. The van der Waals surface area contributed by atoms with E-state index in [2.05, 4.69) is 21.2 Å². The summed E-state index contributed by atoms with van der Waals surface area (Å²) in [5.74, 6) is -0.550. The van der Waals surface area contributed by atoms with Crippen LogP contribution in [0.15, 0.2) is 59.1 Å². The Morgan fingerprint density at radius 2 is 1.71 bits per heavy atom. The van der Waals surface area contributed by atoms with Crippen molar-refractivity contribution in [2.45, 2.75) is 19.8 Å². The lowest BCUT2D eigenvalue weighted by molar-refractivity contribution is -0.137. The molecule has 0 atom stereocenters. The molecule has 2 aromatic rings. The summed E-state index contributed by atoms with van der Waals surface area (Å²) in [6.45, 7) is 3.22. The van der Waals surface area contributed by atoms with Crippen LogP contribution in [0.5, 0.6) is 0 Å². The number of ether oxygens (including phenoxy) is 1. The Kier molecular flexibility index (Phi) is 8.00. The van der Waals surface area contributed by atoms with Gasteiger partial charge in [-0.3, -0.25) is 9.59 Å². The van der Waals surface area contributed by atoms with E-state index >= 15 is 0 Å². The predicted molar refractivity (Wildman–Crippen MR) is 124 cm³/mol. The van der Waals surface area contributed by atoms with Gasteiger partial charge in [0.1, 0.15) is 0 Å². The van der Waals surface area contributed by atoms with Crippen molar-refractivity contribution in [1.82, 2.24) is 4.90 Å². The second-order valence-electron chi connectivity index (χ2n) is 7.27. The number of halogens is 1. The normalized spacial score (nSPS) is 14.5. The lowest BCUT2D eigenvalue weighted by atomic mass is 9.95. The fourth-order valence-electron chi connectivity index (χ4n) is 3.40. The van der Waals surface area contributed by atoms with Crippen LogP contribution in [0, 0.1) is 5.92 Å². The number of likely N-dealkylation sites (tertiary alicyclic amines) is 1. The molecule has 2 amide bonds. The fourth-order valence-corrected chi connectivity index (χ4v) is 3.66. The van der Waals surface area contributed by atoms with E-state index in [1.807, 2.05) is 24.3 Å². The number of rotatable bonds is 6. The number of esters is 1. The number of amides is 2. The third-order valence-corrected chi connectivity index (χ3v) is 5.65. The fraction of sp³-hybridized carbons (Fsp3) is 0.292. The molecule has 7 heteroatoms. The van der Waals surface area contributed by atoms with E-state index in [4.69, 9.17) is 4.74 Å². The molecule has 0 aromatic heterocycles. The van der Waals surface area contributed by atoms with Crippen molar-refractivity contribution in [3.05, 3.63) is 70.2 Å². The van der Waals surface area contributed by atoms with Crippen LogP contribution in [-0.4, -0.2) is 42.4 Å². The summed E-state index contributed by atoms with van der Waals surface area (Å²) in [6.07, 6.45) is 4.31. The molecule has 1 N–H and O–H groups in total. The number of benzene rings is 2. The Bertz CT molecular complexity index is 947. The van der Waals surface area contributed by atoms with Crippen molar-refractivity contribution in [3.63, 3.8) is 0 Å². The molecular formula is C24H25BrN2O4. The van der Waals surface area contributed by atoms with Gasteiger partial charge in [-0.15, -0.1) is 0 Å². The lowest BCUT2D eigenvalue weighted by Gasteiger charge is -2.31. The Morgan fingerprint density at radius 3 is 2.32 bits per heavy atom. The largest absolute Gasteiger partial charge is 0.463 e. The molecule has 162 valence electrons. The molecule has 3 rings (SSSR count). The minimum atomic E-state index is -0.384. The molecule has 2 aromatic carbocycles. The standard InChI is InChI=1S/C24H25BrN2O4/c1-2-31-22(28)12-5-17-3-10-21(11-4-17)26-23(29)18-13-15-27(16-14-18)24(30)19-6-8-20(25)9-7-19/h3-12,18H,2,13-16H2,1H3,(H,26,29)/b12-5+. The van der Waals surface area contributed by atoms with E-state index < -0.39 is 0 Å². The number of piperidine rings is 1. The summed E-state index contributed by atoms with van der Waals surface area (Å²) in [7, 11) is 0. The van der Waals surface area contributed by atoms with E-state index in [1.54, 1.807) is 42.2 Å². The number of carbonyl (C=O) groups is 3.